The van der Waals surface area contributed by atoms with Crippen LogP contribution in [-0.2, 0) is 19.4 Å². The second-order valence-electron chi connectivity index (χ2n) is 9.14. The van der Waals surface area contributed by atoms with E-state index < -0.39 is 0 Å². The van der Waals surface area contributed by atoms with Crippen molar-refractivity contribution in [2.24, 2.45) is 0 Å². The van der Waals surface area contributed by atoms with Crippen LogP contribution in [0.5, 0.6) is 0 Å². The molecule has 0 bridgehead atoms. The normalized spacial score (nSPS) is 16.7. The van der Waals surface area contributed by atoms with E-state index in [2.05, 4.69) is 35.9 Å². The number of halogens is 1. The van der Waals surface area contributed by atoms with Crippen LogP contribution in [-0.4, -0.2) is 55.5 Å². The standard InChI is InChI=1S/C26H29ClN4O3/c1-3-17-23(30-12-10-29(2)11-13-30)7-5-19-18-8-9-31(15-20(18)26(33)34-24(17)19)25(32)16-4-6-22(28)21(27)14-16/h4-7,14H,3,8-13,15,28H2,1-2H3. The van der Waals surface area contributed by atoms with Crippen molar-refractivity contribution in [3.63, 3.8) is 0 Å². The smallest absolute Gasteiger partial charge is 0.341 e. The molecule has 1 aromatic heterocycles. The third-order valence-corrected chi connectivity index (χ3v) is 7.41. The minimum Gasteiger partial charge on any atom is -0.422 e. The van der Waals surface area contributed by atoms with E-state index in [1.54, 1.807) is 23.1 Å². The number of hydrogen-bond donors (Lipinski definition) is 1. The fourth-order valence-electron chi connectivity index (χ4n) is 5.08. The van der Waals surface area contributed by atoms with Crippen molar-refractivity contribution in [3.05, 3.63) is 68.0 Å². The van der Waals surface area contributed by atoms with Crippen LogP contribution in [0.2, 0.25) is 5.02 Å². The first-order valence-corrected chi connectivity index (χ1v) is 12.1. The number of fused-ring (bicyclic) bond motifs is 3. The number of aryl methyl sites for hydroxylation is 1. The van der Waals surface area contributed by atoms with E-state index in [0.717, 1.165) is 54.8 Å². The minimum absolute atomic E-state index is 0.174. The van der Waals surface area contributed by atoms with E-state index in [4.69, 9.17) is 21.8 Å². The second-order valence-corrected chi connectivity index (χ2v) is 9.55. The van der Waals surface area contributed by atoms with Gasteiger partial charge in [-0.2, -0.15) is 0 Å². The van der Waals surface area contributed by atoms with Crippen molar-refractivity contribution in [2.75, 3.05) is 50.4 Å². The lowest BCUT2D eigenvalue weighted by Crippen LogP contribution is -2.44. The molecule has 1 fully saturated rings. The van der Waals surface area contributed by atoms with Crippen LogP contribution in [0, 0.1) is 0 Å². The molecule has 0 atom stereocenters. The van der Waals surface area contributed by atoms with E-state index in [1.165, 1.54) is 0 Å². The number of hydrogen-bond acceptors (Lipinski definition) is 6. The predicted octanol–water partition coefficient (Wildman–Crippen LogP) is 3.54. The number of nitrogens with two attached hydrogens (primary N) is 1. The fourth-order valence-corrected chi connectivity index (χ4v) is 5.26. The number of likely N-dealkylation sites (N-methyl/N-ethyl adjacent to an activating group) is 1. The van der Waals surface area contributed by atoms with E-state index in [9.17, 15) is 9.59 Å². The molecule has 2 aliphatic heterocycles. The molecule has 178 valence electrons. The number of nitrogens with zero attached hydrogens (tertiary/aromatic N) is 3. The number of rotatable bonds is 3. The van der Waals surface area contributed by atoms with Crippen molar-refractivity contribution >= 4 is 39.9 Å². The average Bonchev–Trinajstić information content (AvgIpc) is 2.85. The third-order valence-electron chi connectivity index (χ3n) is 7.08. The van der Waals surface area contributed by atoms with Gasteiger partial charge in [0.05, 0.1) is 22.8 Å². The van der Waals surface area contributed by atoms with Crippen LogP contribution in [0.25, 0.3) is 11.0 Å². The van der Waals surface area contributed by atoms with E-state index in [0.29, 0.717) is 40.4 Å². The quantitative estimate of drug-likeness (QED) is 0.456. The Morgan fingerprint density at radius 1 is 1.09 bits per heavy atom. The van der Waals surface area contributed by atoms with Gasteiger partial charge in [-0.3, -0.25) is 4.79 Å². The molecule has 3 heterocycles. The summed E-state index contributed by atoms with van der Waals surface area (Å²) in [6.45, 7) is 6.78. The van der Waals surface area contributed by atoms with Gasteiger partial charge in [0, 0.05) is 54.9 Å². The Balaban J connectivity index is 1.50. The van der Waals surface area contributed by atoms with Crippen LogP contribution in [0.3, 0.4) is 0 Å². The van der Waals surface area contributed by atoms with Gasteiger partial charge in [-0.1, -0.05) is 18.5 Å². The highest BCUT2D eigenvalue weighted by molar-refractivity contribution is 6.33. The lowest BCUT2D eigenvalue weighted by Gasteiger charge is -2.35. The highest BCUT2D eigenvalue weighted by atomic mass is 35.5. The molecule has 5 rings (SSSR count). The summed E-state index contributed by atoms with van der Waals surface area (Å²) in [5, 5.41) is 1.32. The van der Waals surface area contributed by atoms with Gasteiger partial charge in [-0.15, -0.1) is 0 Å². The Labute approximate surface area is 203 Å². The van der Waals surface area contributed by atoms with Crippen LogP contribution in [0.15, 0.2) is 39.5 Å². The average molecular weight is 481 g/mol. The van der Waals surface area contributed by atoms with Gasteiger partial charge < -0.3 is 24.9 Å². The molecular weight excluding hydrogens is 452 g/mol. The van der Waals surface area contributed by atoms with Gasteiger partial charge in [0.2, 0.25) is 0 Å². The lowest BCUT2D eigenvalue weighted by molar-refractivity contribution is 0.0733. The van der Waals surface area contributed by atoms with Crippen LogP contribution < -0.4 is 16.3 Å². The third kappa shape index (κ3) is 3.93. The zero-order valence-corrected chi connectivity index (χ0v) is 20.3. The van der Waals surface area contributed by atoms with E-state index in [1.807, 2.05) is 0 Å². The Kier molecular flexibility index (Phi) is 6.00. The Bertz CT molecular complexity index is 1330. The molecule has 7 nitrogen and oxygen atoms in total. The molecule has 0 unspecified atom stereocenters. The van der Waals surface area contributed by atoms with Crippen LogP contribution in [0.4, 0.5) is 11.4 Å². The number of amides is 1. The summed E-state index contributed by atoms with van der Waals surface area (Å²) in [5.74, 6) is -0.174. The predicted molar refractivity (Wildman–Crippen MR) is 136 cm³/mol. The topological polar surface area (TPSA) is 83.0 Å². The molecule has 1 saturated heterocycles. The molecule has 0 radical (unpaired) electrons. The molecule has 8 heteroatoms. The highest BCUT2D eigenvalue weighted by Crippen LogP contribution is 2.34. The Hall–Kier alpha value is -3.03. The number of benzene rings is 2. The first-order chi connectivity index (χ1) is 16.4. The summed E-state index contributed by atoms with van der Waals surface area (Å²) in [5.41, 5.74) is 10.8. The number of carbonyl (C=O) groups excluding carboxylic acids is 1. The molecule has 0 saturated carbocycles. The summed E-state index contributed by atoms with van der Waals surface area (Å²) in [6.07, 6.45) is 1.38. The van der Waals surface area contributed by atoms with Gasteiger partial charge in [0.1, 0.15) is 5.58 Å². The minimum atomic E-state index is -0.361. The summed E-state index contributed by atoms with van der Waals surface area (Å²) < 4.78 is 5.94. The molecule has 3 aromatic rings. The second kappa shape index (κ2) is 8.96. The number of carbonyl (C=O) groups is 1. The first kappa shape index (κ1) is 22.7. The van der Waals surface area contributed by atoms with Crippen LogP contribution in [0.1, 0.15) is 34.0 Å². The van der Waals surface area contributed by atoms with Crippen molar-refractivity contribution in [1.29, 1.82) is 0 Å². The Morgan fingerprint density at radius 3 is 2.56 bits per heavy atom. The fraction of sp³-hybridized carbons (Fsp3) is 0.385. The number of piperazine rings is 1. The maximum absolute atomic E-state index is 13.1. The van der Waals surface area contributed by atoms with Crippen LogP contribution >= 0.6 is 11.6 Å². The summed E-state index contributed by atoms with van der Waals surface area (Å²) in [6, 6.07) is 9.11. The molecular formula is C26H29ClN4O3. The SMILES string of the molecule is CCc1c(N2CCN(C)CC2)ccc2c3c(c(=O)oc12)CN(C(=O)c1ccc(N)c(Cl)c1)CC3. The van der Waals surface area contributed by atoms with Crippen molar-refractivity contribution < 1.29 is 9.21 Å². The number of nitrogen functional groups attached to an aromatic ring is 1. The van der Waals surface area contributed by atoms with Gasteiger partial charge in [-0.25, -0.2) is 4.79 Å². The Morgan fingerprint density at radius 2 is 1.85 bits per heavy atom. The summed E-state index contributed by atoms with van der Waals surface area (Å²) in [7, 11) is 2.14. The van der Waals surface area contributed by atoms with Crippen molar-refractivity contribution in [1.82, 2.24) is 9.80 Å². The zero-order valence-electron chi connectivity index (χ0n) is 19.6. The summed E-state index contributed by atoms with van der Waals surface area (Å²) in [4.78, 5) is 32.6. The highest BCUT2D eigenvalue weighted by Gasteiger charge is 2.28. The van der Waals surface area contributed by atoms with Gasteiger partial charge >= 0.3 is 5.63 Å². The molecule has 0 aliphatic carbocycles. The number of anilines is 2. The van der Waals surface area contributed by atoms with Gasteiger partial charge in [0.15, 0.2) is 0 Å². The van der Waals surface area contributed by atoms with Crippen molar-refractivity contribution in [2.45, 2.75) is 26.3 Å². The largest absolute Gasteiger partial charge is 0.422 e. The maximum atomic E-state index is 13.1. The van der Waals surface area contributed by atoms with E-state index >= 15 is 0 Å². The molecule has 0 spiro atoms. The van der Waals surface area contributed by atoms with Gasteiger partial charge in [0.25, 0.3) is 5.91 Å². The van der Waals surface area contributed by atoms with Gasteiger partial charge in [-0.05, 0) is 55.8 Å². The molecule has 2 aliphatic rings. The maximum Gasteiger partial charge on any atom is 0.341 e. The molecule has 34 heavy (non-hydrogen) atoms. The molecule has 2 aromatic carbocycles. The molecule has 2 N–H and O–H groups in total. The van der Waals surface area contributed by atoms with Crippen molar-refractivity contribution in [3.8, 4) is 0 Å². The van der Waals surface area contributed by atoms with E-state index in [-0.39, 0.29) is 18.1 Å². The zero-order chi connectivity index (χ0) is 24.0. The lowest BCUT2D eigenvalue weighted by atomic mass is 9.94. The molecule has 1 amide bonds. The first-order valence-electron chi connectivity index (χ1n) is 11.8. The monoisotopic (exact) mass is 480 g/mol. The summed E-state index contributed by atoms with van der Waals surface area (Å²) >= 11 is 6.11.